The third kappa shape index (κ3) is 3.33. The predicted octanol–water partition coefficient (Wildman–Crippen LogP) is 0.297. The van der Waals surface area contributed by atoms with E-state index in [9.17, 15) is 8.42 Å². The third-order valence-electron chi connectivity index (χ3n) is 3.43. The van der Waals surface area contributed by atoms with Crippen LogP contribution in [0.15, 0.2) is 30.3 Å². The highest BCUT2D eigenvalue weighted by atomic mass is 32.2. The Morgan fingerprint density at radius 2 is 1.95 bits per heavy atom. The quantitative estimate of drug-likeness (QED) is 0.864. The molecule has 1 N–H and O–H groups in total. The van der Waals surface area contributed by atoms with Crippen molar-refractivity contribution >= 4 is 10.0 Å². The molecule has 1 saturated heterocycles. The molecule has 0 bridgehead atoms. The number of aliphatic hydroxyl groups excluding tert-OH is 1. The Balaban J connectivity index is 2.30. The van der Waals surface area contributed by atoms with Crippen molar-refractivity contribution < 1.29 is 13.5 Å². The van der Waals surface area contributed by atoms with Crippen molar-refractivity contribution in [3.63, 3.8) is 0 Å². The zero-order chi connectivity index (χ0) is 13.9. The monoisotopic (exact) mass is 284 g/mol. The number of nitrogens with zero attached hydrogens (tertiary/aromatic N) is 2. The minimum absolute atomic E-state index is 0.170. The molecule has 5 nitrogen and oxygen atoms in total. The molecule has 0 spiro atoms. The molecule has 0 radical (unpaired) electrons. The second-order valence-electron chi connectivity index (χ2n) is 4.84. The fraction of sp³-hybridized carbons (Fsp3) is 0.538. The molecule has 19 heavy (non-hydrogen) atoms. The first-order valence-corrected chi connectivity index (χ1v) is 7.99. The molecule has 1 unspecified atom stereocenters. The Labute approximate surface area is 114 Å². The summed E-state index contributed by atoms with van der Waals surface area (Å²) in [7, 11) is -1.41. The fourth-order valence-electron chi connectivity index (χ4n) is 2.42. The van der Waals surface area contributed by atoms with Gasteiger partial charge in [-0.25, -0.2) is 8.42 Å². The van der Waals surface area contributed by atoms with Gasteiger partial charge in [-0.1, -0.05) is 30.3 Å². The molecule has 0 amide bonds. The molecule has 1 aromatic rings. The lowest BCUT2D eigenvalue weighted by molar-refractivity contribution is 0.160. The third-order valence-corrected chi connectivity index (χ3v) is 5.28. The number of hydrogen-bond donors (Lipinski definition) is 1. The van der Waals surface area contributed by atoms with E-state index in [1.54, 1.807) is 0 Å². The summed E-state index contributed by atoms with van der Waals surface area (Å²) in [6.07, 6.45) is 0. The minimum atomic E-state index is -3.40. The summed E-state index contributed by atoms with van der Waals surface area (Å²) >= 11 is 0. The largest absolute Gasteiger partial charge is 0.395 e. The van der Waals surface area contributed by atoms with E-state index < -0.39 is 10.0 Å². The van der Waals surface area contributed by atoms with E-state index in [1.807, 2.05) is 37.4 Å². The van der Waals surface area contributed by atoms with E-state index in [1.165, 1.54) is 4.31 Å². The minimum Gasteiger partial charge on any atom is -0.395 e. The van der Waals surface area contributed by atoms with Crippen LogP contribution in [0.1, 0.15) is 11.6 Å². The summed E-state index contributed by atoms with van der Waals surface area (Å²) in [5, 5.41) is 8.93. The van der Waals surface area contributed by atoms with Gasteiger partial charge in [0.2, 0.25) is 10.0 Å². The second-order valence-corrected chi connectivity index (χ2v) is 6.88. The van der Waals surface area contributed by atoms with E-state index in [0.29, 0.717) is 19.6 Å². The van der Waals surface area contributed by atoms with Gasteiger partial charge in [0.05, 0.1) is 18.4 Å². The lowest BCUT2D eigenvalue weighted by atomic mass is 10.1. The zero-order valence-corrected chi connectivity index (χ0v) is 11.9. The van der Waals surface area contributed by atoms with Crippen LogP contribution >= 0.6 is 0 Å². The topological polar surface area (TPSA) is 60.9 Å². The molecule has 1 aliphatic rings. The first kappa shape index (κ1) is 14.5. The molecule has 0 aromatic heterocycles. The van der Waals surface area contributed by atoms with Crippen LogP contribution in [0.3, 0.4) is 0 Å². The first-order chi connectivity index (χ1) is 9.04. The molecule has 6 heteroatoms. The van der Waals surface area contributed by atoms with Gasteiger partial charge in [0, 0.05) is 19.6 Å². The molecule has 1 heterocycles. The van der Waals surface area contributed by atoms with Crippen LogP contribution < -0.4 is 0 Å². The molecular formula is C13H20N2O3S. The Morgan fingerprint density at radius 3 is 2.58 bits per heavy atom. The standard InChI is InChI=1S/C13H20N2O3S/c1-14-7-8-15(19(17,18)10-9-16)13(11-14)12-5-3-2-4-6-12/h2-6,13,16H,7-11H2,1H3. The lowest BCUT2D eigenvalue weighted by Gasteiger charge is -2.39. The first-order valence-electron chi connectivity index (χ1n) is 6.38. The zero-order valence-electron chi connectivity index (χ0n) is 11.1. The molecule has 0 saturated carbocycles. The van der Waals surface area contributed by atoms with Crippen LogP contribution in [0.25, 0.3) is 0 Å². The van der Waals surface area contributed by atoms with Crippen molar-refractivity contribution in [1.29, 1.82) is 0 Å². The maximum atomic E-state index is 12.2. The lowest BCUT2D eigenvalue weighted by Crippen LogP contribution is -2.50. The average Bonchev–Trinajstić information content (AvgIpc) is 2.39. The fourth-order valence-corrected chi connectivity index (χ4v) is 3.82. The Morgan fingerprint density at radius 1 is 1.26 bits per heavy atom. The van der Waals surface area contributed by atoms with Gasteiger partial charge in [-0.15, -0.1) is 0 Å². The summed E-state index contributed by atoms with van der Waals surface area (Å²) in [6, 6.07) is 9.48. The van der Waals surface area contributed by atoms with Crippen molar-refractivity contribution in [2.75, 3.05) is 39.0 Å². The summed E-state index contributed by atoms with van der Waals surface area (Å²) in [4.78, 5) is 2.13. The van der Waals surface area contributed by atoms with Gasteiger partial charge in [-0.05, 0) is 12.6 Å². The molecule has 1 aromatic carbocycles. The number of benzene rings is 1. The maximum absolute atomic E-state index is 12.2. The van der Waals surface area contributed by atoms with Crippen molar-refractivity contribution in [3.8, 4) is 0 Å². The van der Waals surface area contributed by atoms with E-state index >= 15 is 0 Å². The summed E-state index contributed by atoms with van der Waals surface area (Å²) in [5.74, 6) is -0.208. The van der Waals surface area contributed by atoms with Crippen LogP contribution in [0.2, 0.25) is 0 Å². The van der Waals surface area contributed by atoms with E-state index in [2.05, 4.69) is 4.90 Å². The number of aliphatic hydroxyl groups is 1. The Bertz CT molecular complexity index is 504. The number of sulfonamides is 1. The van der Waals surface area contributed by atoms with Crippen LogP contribution in [-0.2, 0) is 10.0 Å². The van der Waals surface area contributed by atoms with Crippen molar-refractivity contribution in [3.05, 3.63) is 35.9 Å². The van der Waals surface area contributed by atoms with Gasteiger partial charge < -0.3 is 10.0 Å². The van der Waals surface area contributed by atoms with Crippen molar-refractivity contribution in [1.82, 2.24) is 9.21 Å². The van der Waals surface area contributed by atoms with Gasteiger partial charge in [-0.2, -0.15) is 4.31 Å². The van der Waals surface area contributed by atoms with E-state index in [4.69, 9.17) is 5.11 Å². The predicted molar refractivity (Wildman–Crippen MR) is 74.3 cm³/mol. The molecule has 0 aliphatic carbocycles. The highest BCUT2D eigenvalue weighted by molar-refractivity contribution is 7.89. The maximum Gasteiger partial charge on any atom is 0.217 e. The SMILES string of the molecule is CN1CCN(S(=O)(=O)CCO)C(c2ccccc2)C1. The number of rotatable bonds is 4. The molecule has 1 fully saturated rings. The van der Waals surface area contributed by atoms with Crippen molar-refractivity contribution in [2.24, 2.45) is 0 Å². The van der Waals surface area contributed by atoms with Crippen LogP contribution in [-0.4, -0.2) is 61.8 Å². The van der Waals surface area contributed by atoms with E-state index in [-0.39, 0.29) is 18.4 Å². The summed E-state index contributed by atoms with van der Waals surface area (Å²) < 4.78 is 26.0. The van der Waals surface area contributed by atoms with Gasteiger partial charge >= 0.3 is 0 Å². The smallest absolute Gasteiger partial charge is 0.217 e. The van der Waals surface area contributed by atoms with E-state index in [0.717, 1.165) is 5.56 Å². The number of likely N-dealkylation sites (N-methyl/N-ethyl adjacent to an activating group) is 1. The van der Waals surface area contributed by atoms with Gasteiger partial charge in [0.25, 0.3) is 0 Å². The van der Waals surface area contributed by atoms with Gasteiger partial charge in [0.1, 0.15) is 0 Å². The highest BCUT2D eigenvalue weighted by Crippen LogP contribution is 2.27. The molecule has 1 atom stereocenters. The second kappa shape index (κ2) is 6.00. The van der Waals surface area contributed by atoms with Gasteiger partial charge in [-0.3, -0.25) is 0 Å². The Hall–Kier alpha value is -0.950. The summed E-state index contributed by atoms with van der Waals surface area (Å²) in [6.45, 7) is 1.53. The molecule has 1 aliphatic heterocycles. The number of hydrogen-bond acceptors (Lipinski definition) is 4. The average molecular weight is 284 g/mol. The normalized spacial score (nSPS) is 22.5. The van der Waals surface area contributed by atoms with Crippen molar-refractivity contribution in [2.45, 2.75) is 6.04 Å². The molecule has 106 valence electrons. The Kier molecular flexibility index (Phi) is 4.57. The van der Waals surface area contributed by atoms with Crippen LogP contribution in [0.5, 0.6) is 0 Å². The number of piperazine rings is 1. The molecular weight excluding hydrogens is 264 g/mol. The van der Waals surface area contributed by atoms with Crippen LogP contribution in [0.4, 0.5) is 0 Å². The van der Waals surface area contributed by atoms with Gasteiger partial charge in [0.15, 0.2) is 0 Å². The summed E-state index contributed by atoms with van der Waals surface area (Å²) in [5.41, 5.74) is 0.996. The van der Waals surface area contributed by atoms with Crippen LogP contribution in [0, 0.1) is 0 Å². The molecule has 2 rings (SSSR count). The highest BCUT2D eigenvalue weighted by Gasteiger charge is 2.34.